The monoisotopic (exact) mass is 455 g/mol. The Morgan fingerprint density at radius 1 is 1.09 bits per heavy atom. The highest BCUT2D eigenvalue weighted by molar-refractivity contribution is 7.93. The summed E-state index contributed by atoms with van der Waals surface area (Å²) in [5, 5.41) is 2.46. The van der Waals surface area contributed by atoms with E-state index < -0.39 is 21.1 Å². The molecule has 1 heterocycles. The highest BCUT2D eigenvalue weighted by Crippen LogP contribution is 2.35. The van der Waals surface area contributed by atoms with Crippen LogP contribution in [0.5, 0.6) is 0 Å². The fraction of sp³-hybridized carbons (Fsp3) is 0.417. The first-order valence-corrected chi connectivity index (χ1v) is 12.8. The summed E-state index contributed by atoms with van der Waals surface area (Å²) in [6.07, 6.45) is 10.6. The number of carbonyl (C=O) groups is 1. The number of nitrogens with one attached hydrogen (secondary N) is 2. The van der Waals surface area contributed by atoms with Gasteiger partial charge in [-0.3, -0.25) is 9.52 Å². The zero-order valence-electron chi connectivity index (χ0n) is 17.7. The number of aromatic nitrogens is 1. The molecule has 1 aromatic heterocycles. The number of aryl methyl sites for hydroxylation is 1. The van der Waals surface area contributed by atoms with Gasteiger partial charge in [0.15, 0.2) is 0 Å². The third kappa shape index (κ3) is 4.28. The van der Waals surface area contributed by atoms with Crippen LogP contribution in [-0.2, 0) is 21.2 Å². The lowest BCUT2D eigenvalue weighted by Gasteiger charge is -2.25. The van der Waals surface area contributed by atoms with Crippen molar-refractivity contribution >= 4 is 33.5 Å². The highest BCUT2D eigenvalue weighted by Gasteiger charge is 2.32. The number of anilines is 2. The number of amides is 1. The topological polar surface area (TPSA) is 88.2 Å². The maximum absolute atomic E-state index is 15.0. The van der Waals surface area contributed by atoms with Crippen LogP contribution in [0.15, 0.2) is 30.3 Å². The molecule has 0 saturated heterocycles. The summed E-state index contributed by atoms with van der Waals surface area (Å²) in [7, 11) is -3.58. The molecule has 6 nitrogen and oxygen atoms in total. The molecule has 0 unspecified atom stereocenters. The van der Waals surface area contributed by atoms with Crippen molar-refractivity contribution in [3.63, 3.8) is 0 Å². The van der Waals surface area contributed by atoms with Gasteiger partial charge < -0.3 is 5.32 Å². The molecule has 0 spiro atoms. The smallest absolute Gasteiger partial charge is 0.235 e. The van der Waals surface area contributed by atoms with Gasteiger partial charge in [-0.05, 0) is 74.3 Å². The molecule has 1 aromatic carbocycles. The summed E-state index contributed by atoms with van der Waals surface area (Å²) in [6.45, 7) is 0. The van der Waals surface area contributed by atoms with Crippen molar-refractivity contribution in [2.75, 3.05) is 10.0 Å². The lowest BCUT2D eigenvalue weighted by molar-refractivity contribution is -0.117. The average molecular weight is 456 g/mol. The van der Waals surface area contributed by atoms with Crippen LogP contribution in [0, 0.1) is 11.7 Å². The second-order valence-electron chi connectivity index (χ2n) is 8.87. The molecule has 0 bridgehead atoms. The van der Waals surface area contributed by atoms with Crippen molar-refractivity contribution in [2.45, 2.75) is 56.6 Å². The van der Waals surface area contributed by atoms with E-state index in [-0.39, 0.29) is 17.5 Å². The molecule has 32 heavy (non-hydrogen) atoms. The molecular formula is C24H26FN3O3S. The molecule has 8 heteroatoms. The predicted octanol–water partition coefficient (Wildman–Crippen LogP) is 4.88. The Balaban J connectivity index is 1.49. The largest absolute Gasteiger partial charge is 0.310 e. The van der Waals surface area contributed by atoms with Gasteiger partial charge in [0.25, 0.3) is 0 Å². The quantitative estimate of drug-likeness (QED) is 0.650. The molecule has 2 aromatic rings. The molecule has 0 radical (unpaired) electrons. The fourth-order valence-electron chi connectivity index (χ4n) is 4.13. The van der Waals surface area contributed by atoms with Crippen molar-refractivity contribution in [3.05, 3.63) is 47.4 Å². The number of sulfonamides is 1. The van der Waals surface area contributed by atoms with E-state index in [9.17, 15) is 17.6 Å². The third-order valence-corrected chi connectivity index (χ3v) is 8.28. The molecule has 0 aliphatic heterocycles. The van der Waals surface area contributed by atoms with Crippen LogP contribution in [0.4, 0.5) is 15.9 Å². The number of benzene rings is 1. The summed E-state index contributed by atoms with van der Waals surface area (Å²) < 4.78 is 42.2. The standard InChI is InChI=1S/C24H26FN3O3S/c25-20-13-16(11-12-22(20)28-32(30,31)17-5-4-6-17)19-14-23(27-24(29)15-9-10-15)26-21-8-3-1-2-7-18(19)21/h2,7,11-15,17,28H,1,3-6,8-10H2,(H,26,27,29). The van der Waals surface area contributed by atoms with E-state index in [0.717, 1.165) is 55.3 Å². The van der Waals surface area contributed by atoms with E-state index in [1.807, 2.05) is 6.08 Å². The van der Waals surface area contributed by atoms with E-state index >= 15 is 0 Å². The van der Waals surface area contributed by atoms with Crippen molar-refractivity contribution in [3.8, 4) is 11.1 Å². The second kappa shape index (κ2) is 8.31. The summed E-state index contributed by atoms with van der Waals surface area (Å²) in [6, 6.07) is 6.31. The van der Waals surface area contributed by atoms with Crippen LogP contribution < -0.4 is 10.0 Å². The van der Waals surface area contributed by atoms with E-state index in [4.69, 9.17) is 0 Å². The van der Waals surface area contributed by atoms with Crippen molar-refractivity contribution in [1.29, 1.82) is 0 Å². The zero-order chi connectivity index (χ0) is 22.3. The van der Waals surface area contributed by atoms with Crippen LogP contribution in [0.3, 0.4) is 0 Å². The number of carbonyl (C=O) groups excluding carboxylic acids is 1. The summed E-state index contributed by atoms with van der Waals surface area (Å²) in [5.41, 5.74) is 3.12. The number of fused-ring (bicyclic) bond motifs is 1. The van der Waals surface area contributed by atoms with Gasteiger partial charge in [0.05, 0.1) is 16.6 Å². The zero-order valence-corrected chi connectivity index (χ0v) is 18.6. The van der Waals surface area contributed by atoms with E-state index in [1.54, 1.807) is 12.1 Å². The van der Waals surface area contributed by atoms with Crippen molar-refractivity contribution < 1.29 is 17.6 Å². The average Bonchev–Trinajstić information content (AvgIpc) is 3.54. The fourth-order valence-corrected chi connectivity index (χ4v) is 5.73. The minimum absolute atomic E-state index is 0.0282. The van der Waals surface area contributed by atoms with Crippen molar-refractivity contribution in [1.82, 2.24) is 4.98 Å². The normalized spacial score (nSPS) is 18.4. The number of rotatable bonds is 6. The first-order valence-electron chi connectivity index (χ1n) is 11.2. The minimum Gasteiger partial charge on any atom is -0.310 e. The number of nitrogens with zero attached hydrogens (tertiary/aromatic N) is 1. The molecule has 3 aliphatic rings. The number of pyridine rings is 1. The van der Waals surface area contributed by atoms with Gasteiger partial charge in [-0.25, -0.2) is 17.8 Å². The number of halogens is 1. The molecule has 0 atom stereocenters. The van der Waals surface area contributed by atoms with Crippen LogP contribution in [0.1, 0.15) is 56.2 Å². The minimum atomic E-state index is -3.58. The SMILES string of the molecule is O=C(Nc1cc(-c2ccc(NS(=O)(=O)C3CCC3)c(F)c2)c2c(n1)CCCC=C2)C1CC1. The first kappa shape index (κ1) is 21.1. The van der Waals surface area contributed by atoms with Crippen LogP contribution in [0.2, 0.25) is 0 Å². The third-order valence-electron chi connectivity index (χ3n) is 6.43. The van der Waals surface area contributed by atoms with Crippen LogP contribution >= 0.6 is 0 Å². The summed E-state index contributed by atoms with van der Waals surface area (Å²) in [4.78, 5) is 16.9. The highest BCUT2D eigenvalue weighted by atomic mass is 32.2. The molecule has 2 fully saturated rings. The molecule has 5 rings (SSSR count). The number of hydrogen-bond acceptors (Lipinski definition) is 4. The molecule has 1 amide bonds. The van der Waals surface area contributed by atoms with Gasteiger partial charge in [0.1, 0.15) is 11.6 Å². The van der Waals surface area contributed by atoms with Gasteiger partial charge >= 0.3 is 0 Å². The van der Waals surface area contributed by atoms with E-state index in [2.05, 4.69) is 21.1 Å². The van der Waals surface area contributed by atoms with Gasteiger partial charge in [0, 0.05) is 11.5 Å². The number of allylic oxidation sites excluding steroid dienone is 1. The second-order valence-corrected chi connectivity index (χ2v) is 10.8. The van der Waals surface area contributed by atoms with Crippen molar-refractivity contribution in [2.24, 2.45) is 5.92 Å². The Kier molecular flexibility index (Phi) is 5.49. The molecule has 168 valence electrons. The molecular weight excluding hydrogens is 429 g/mol. The Morgan fingerprint density at radius 3 is 2.59 bits per heavy atom. The number of hydrogen-bond donors (Lipinski definition) is 2. The summed E-state index contributed by atoms with van der Waals surface area (Å²) in [5.74, 6) is -0.128. The molecule has 2 saturated carbocycles. The van der Waals surface area contributed by atoms with Gasteiger partial charge in [-0.1, -0.05) is 24.6 Å². The predicted molar refractivity (Wildman–Crippen MR) is 123 cm³/mol. The maximum atomic E-state index is 15.0. The van der Waals surface area contributed by atoms with Gasteiger partial charge in [-0.2, -0.15) is 0 Å². The maximum Gasteiger partial charge on any atom is 0.235 e. The van der Waals surface area contributed by atoms with Gasteiger partial charge in [-0.15, -0.1) is 0 Å². The first-order chi connectivity index (χ1) is 15.4. The lowest BCUT2D eigenvalue weighted by atomic mass is 9.97. The Bertz CT molecular complexity index is 1200. The summed E-state index contributed by atoms with van der Waals surface area (Å²) >= 11 is 0. The Hall–Kier alpha value is -2.74. The van der Waals surface area contributed by atoms with Gasteiger partial charge in [0.2, 0.25) is 15.9 Å². The lowest BCUT2D eigenvalue weighted by Crippen LogP contribution is -2.33. The molecule has 2 N–H and O–H groups in total. The Labute approximate surface area is 187 Å². The molecule has 3 aliphatic carbocycles. The van der Waals surface area contributed by atoms with Crippen LogP contribution in [0.25, 0.3) is 17.2 Å². The van der Waals surface area contributed by atoms with E-state index in [0.29, 0.717) is 24.2 Å². The van der Waals surface area contributed by atoms with E-state index in [1.165, 1.54) is 12.1 Å². The Morgan fingerprint density at radius 2 is 1.91 bits per heavy atom. The van der Waals surface area contributed by atoms with Crippen LogP contribution in [-0.4, -0.2) is 24.6 Å².